The molecule has 0 N–H and O–H groups in total. The summed E-state index contributed by atoms with van der Waals surface area (Å²) in [5, 5.41) is 7.17. The molecule has 0 saturated carbocycles. The monoisotopic (exact) mass is 442 g/mol. The summed E-state index contributed by atoms with van der Waals surface area (Å²) in [5.41, 5.74) is 0.504. The zero-order valence-corrected chi connectivity index (χ0v) is 17.1. The molecule has 1 fully saturated rings. The lowest BCUT2D eigenvalue weighted by Crippen LogP contribution is -2.51. The number of carbonyl (C=O) groups is 2. The van der Waals surface area contributed by atoms with Crippen LogP contribution in [0.25, 0.3) is 11.5 Å². The minimum absolute atomic E-state index is 0.00995. The van der Waals surface area contributed by atoms with Crippen LogP contribution < -0.4 is 0 Å². The molecule has 0 unspecified atom stereocenters. The second kappa shape index (κ2) is 8.78. The Morgan fingerprint density at radius 2 is 1.72 bits per heavy atom. The molecule has 12 heteroatoms. The number of hydrogen-bond donors (Lipinski definition) is 0. The summed E-state index contributed by atoms with van der Waals surface area (Å²) in [4.78, 5) is 27.0. The SMILES string of the molecule is CCOC(=O)N1CCN(C(=O)CS(=O)(=O)c2nnc(-c3ccc(Cl)cc3)o2)CC1. The Morgan fingerprint density at radius 3 is 2.34 bits per heavy atom. The molecule has 0 atom stereocenters. The molecular formula is C17H19ClN4O6S. The maximum absolute atomic E-state index is 12.5. The van der Waals surface area contributed by atoms with E-state index in [-0.39, 0.29) is 38.7 Å². The van der Waals surface area contributed by atoms with Gasteiger partial charge in [0.25, 0.3) is 0 Å². The number of halogens is 1. The lowest BCUT2D eigenvalue weighted by molar-refractivity contribution is -0.130. The molecule has 1 saturated heterocycles. The van der Waals surface area contributed by atoms with Gasteiger partial charge in [-0.2, -0.15) is 0 Å². The minimum atomic E-state index is -4.11. The third kappa shape index (κ3) is 5.04. The molecule has 1 aliphatic heterocycles. The van der Waals surface area contributed by atoms with E-state index in [9.17, 15) is 18.0 Å². The van der Waals surface area contributed by atoms with Crippen molar-refractivity contribution in [3.8, 4) is 11.5 Å². The number of aromatic nitrogens is 2. The Labute approximate surface area is 172 Å². The van der Waals surface area contributed by atoms with Gasteiger partial charge in [0.05, 0.1) is 6.61 Å². The predicted octanol–water partition coefficient (Wildman–Crippen LogP) is 1.46. The van der Waals surface area contributed by atoms with Gasteiger partial charge in [-0.1, -0.05) is 16.7 Å². The Bertz CT molecular complexity index is 984. The molecule has 0 radical (unpaired) electrons. The van der Waals surface area contributed by atoms with Gasteiger partial charge in [-0.05, 0) is 31.2 Å². The number of carbonyl (C=O) groups excluding carboxylic acids is 2. The topological polar surface area (TPSA) is 123 Å². The standard InChI is InChI=1S/C17H19ClN4O6S/c1-2-27-17(24)22-9-7-21(8-10-22)14(23)11-29(25,26)16-20-19-15(28-16)12-3-5-13(18)6-4-12/h3-6H,2,7-11H2,1H3. The fourth-order valence-electron chi connectivity index (χ4n) is 2.71. The van der Waals surface area contributed by atoms with Crippen molar-refractivity contribution in [2.24, 2.45) is 0 Å². The zero-order valence-electron chi connectivity index (χ0n) is 15.6. The van der Waals surface area contributed by atoms with E-state index in [0.29, 0.717) is 10.6 Å². The average Bonchev–Trinajstić information content (AvgIpc) is 3.20. The molecule has 2 heterocycles. The van der Waals surface area contributed by atoms with Gasteiger partial charge in [-0.15, -0.1) is 5.10 Å². The van der Waals surface area contributed by atoms with Crippen LogP contribution in [-0.2, 0) is 19.4 Å². The van der Waals surface area contributed by atoms with E-state index in [1.807, 2.05) is 0 Å². The highest BCUT2D eigenvalue weighted by atomic mass is 35.5. The van der Waals surface area contributed by atoms with Gasteiger partial charge in [0.2, 0.25) is 21.6 Å². The number of sulfone groups is 1. The number of amides is 2. The first-order chi connectivity index (χ1) is 13.8. The van der Waals surface area contributed by atoms with Crippen LogP contribution in [0, 0.1) is 0 Å². The van der Waals surface area contributed by atoms with Crippen molar-refractivity contribution in [1.29, 1.82) is 0 Å². The smallest absolute Gasteiger partial charge is 0.409 e. The summed E-state index contributed by atoms with van der Waals surface area (Å²) in [6.07, 6.45) is -0.451. The molecule has 156 valence electrons. The van der Waals surface area contributed by atoms with E-state index in [1.54, 1.807) is 31.2 Å². The van der Waals surface area contributed by atoms with E-state index < -0.39 is 32.8 Å². The van der Waals surface area contributed by atoms with E-state index in [0.717, 1.165) is 0 Å². The molecule has 1 aliphatic rings. The lowest BCUT2D eigenvalue weighted by Gasteiger charge is -2.33. The fourth-order valence-corrected chi connectivity index (χ4v) is 3.84. The van der Waals surface area contributed by atoms with Gasteiger partial charge in [-0.25, -0.2) is 13.2 Å². The Hall–Kier alpha value is -2.66. The second-order valence-corrected chi connectivity index (χ2v) is 8.51. The first kappa shape index (κ1) is 21.1. The van der Waals surface area contributed by atoms with Crippen LogP contribution in [0.5, 0.6) is 0 Å². The normalized spacial score (nSPS) is 14.7. The van der Waals surface area contributed by atoms with Crippen molar-refractivity contribution >= 4 is 33.4 Å². The molecule has 1 aromatic heterocycles. The summed E-state index contributed by atoms with van der Waals surface area (Å²) < 4.78 is 35.1. The van der Waals surface area contributed by atoms with Gasteiger partial charge < -0.3 is 19.0 Å². The Kier molecular flexibility index (Phi) is 6.38. The highest BCUT2D eigenvalue weighted by Gasteiger charge is 2.31. The van der Waals surface area contributed by atoms with E-state index in [2.05, 4.69) is 10.2 Å². The second-order valence-electron chi connectivity index (χ2n) is 6.21. The maximum Gasteiger partial charge on any atom is 0.409 e. The van der Waals surface area contributed by atoms with Crippen molar-refractivity contribution in [1.82, 2.24) is 20.0 Å². The third-order valence-corrected chi connectivity index (χ3v) is 5.81. The van der Waals surface area contributed by atoms with Crippen LogP contribution in [0.3, 0.4) is 0 Å². The van der Waals surface area contributed by atoms with Crippen LogP contribution in [0.15, 0.2) is 33.9 Å². The number of ether oxygens (including phenoxy) is 1. The molecule has 3 rings (SSSR count). The maximum atomic E-state index is 12.5. The predicted molar refractivity (Wildman–Crippen MR) is 102 cm³/mol. The molecule has 10 nitrogen and oxygen atoms in total. The summed E-state index contributed by atoms with van der Waals surface area (Å²) in [6.45, 7) is 2.94. The lowest BCUT2D eigenvalue weighted by atomic mass is 10.2. The van der Waals surface area contributed by atoms with Gasteiger partial charge >= 0.3 is 11.3 Å². The molecule has 2 amide bonds. The minimum Gasteiger partial charge on any atom is -0.450 e. The van der Waals surface area contributed by atoms with E-state index >= 15 is 0 Å². The number of hydrogen-bond acceptors (Lipinski definition) is 8. The number of nitrogens with zero attached hydrogens (tertiary/aromatic N) is 4. The zero-order chi connectivity index (χ0) is 21.0. The van der Waals surface area contributed by atoms with Crippen LogP contribution in [0.1, 0.15) is 6.92 Å². The fraction of sp³-hybridized carbons (Fsp3) is 0.412. The summed E-state index contributed by atoms with van der Waals surface area (Å²) in [6, 6.07) is 6.43. The van der Waals surface area contributed by atoms with Crippen molar-refractivity contribution in [2.45, 2.75) is 12.1 Å². The molecular weight excluding hydrogens is 424 g/mol. The quantitative estimate of drug-likeness (QED) is 0.681. The van der Waals surface area contributed by atoms with Crippen molar-refractivity contribution < 1.29 is 27.2 Å². The average molecular weight is 443 g/mol. The van der Waals surface area contributed by atoms with Gasteiger partial charge in [0.1, 0.15) is 5.75 Å². The van der Waals surface area contributed by atoms with Crippen LogP contribution in [-0.4, -0.2) is 79.0 Å². The van der Waals surface area contributed by atoms with Crippen LogP contribution in [0.4, 0.5) is 4.79 Å². The number of benzene rings is 1. The van der Waals surface area contributed by atoms with Crippen molar-refractivity contribution in [3.05, 3.63) is 29.3 Å². The largest absolute Gasteiger partial charge is 0.450 e. The van der Waals surface area contributed by atoms with E-state index in [4.69, 9.17) is 20.8 Å². The highest BCUT2D eigenvalue weighted by Crippen LogP contribution is 2.22. The van der Waals surface area contributed by atoms with Crippen molar-refractivity contribution in [2.75, 3.05) is 38.5 Å². The first-order valence-electron chi connectivity index (χ1n) is 8.82. The summed E-state index contributed by atoms with van der Waals surface area (Å²) in [5.74, 6) is -1.38. The molecule has 0 spiro atoms. The molecule has 0 aliphatic carbocycles. The molecule has 0 bridgehead atoms. The van der Waals surface area contributed by atoms with Gasteiger partial charge in [-0.3, -0.25) is 4.79 Å². The van der Waals surface area contributed by atoms with Crippen LogP contribution >= 0.6 is 11.6 Å². The van der Waals surface area contributed by atoms with Gasteiger partial charge in [0, 0.05) is 36.8 Å². The van der Waals surface area contributed by atoms with E-state index in [1.165, 1.54) is 9.80 Å². The first-order valence-corrected chi connectivity index (χ1v) is 10.8. The Morgan fingerprint density at radius 1 is 1.10 bits per heavy atom. The van der Waals surface area contributed by atoms with Crippen LogP contribution in [0.2, 0.25) is 5.02 Å². The molecule has 29 heavy (non-hydrogen) atoms. The summed E-state index contributed by atoms with van der Waals surface area (Å²) in [7, 11) is -4.11. The highest BCUT2D eigenvalue weighted by molar-refractivity contribution is 7.91. The third-order valence-electron chi connectivity index (χ3n) is 4.24. The Balaban J connectivity index is 1.62. The molecule has 1 aromatic carbocycles. The van der Waals surface area contributed by atoms with Gasteiger partial charge in [0.15, 0.2) is 0 Å². The van der Waals surface area contributed by atoms with Crippen molar-refractivity contribution in [3.63, 3.8) is 0 Å². The number of rotatable bonds is 5. The number of piperazine rings is 1. The molecule has 2 aromatic rings. The summed E-state index contributed by atoms with van der Waals surface area (Å²) >= 11 is 5.82.